The molecular weight excluding hydrogens is 253 g/mol. The smallest absolute Gasteiger partial charge is 0.310 e. The summed E-state index contributed by atoms with van der Waals surface area (Å²) in [6.07, 6.45) is -5.18. The van der Waals surface area contributed by atoms with Crippen molar-refractivity contribution in [2.45, 2.75) is 30.5 Å². The van der Waals surface area contributed by atoms with E-state index >= 15 is 0 Å². The van der Waals surface area contributed by atoms with Crippen LogP contribution in [0.5, 0.6) is 0 Å². The maximum Gasteiger partial charge on any atom is 0.416 e. The van der Waals surface area contributed by atoms with Gasteiger partial charge in [0.2, 0.25) is 0 Å². The Morgan fingerprint density at radius 2 is 1.56 bits per heavy atom. The fraction of sp³-hybridized carbons (Fsp3) is 0.500. The normalized spacial score (nSPS) is 21.4. The van der Waals surface area contributed by atoms with Gasteiger partial charge in [0, 0.05) is 12.8 Å². The van der Waals surface area contributed by atoms with Crippen LogP contribution in [0.3, 0.4) is 0 Å². The van der Waals surface area contributed by atoms with Crippen LogP contribution in [0.25, 0.3) is 0 Å². The molecule has 1 N–H and O–H groups in total. The molecule has 2 rings (SSSR count). The lowest BCUT2D eigenvalue weighted by atomic mass is 9.69. The molecule has 100 valence electrons. The van der Waals surface area contributed by atoms with Crippen molar-refractivity contribution < 1.29 is 22.0 Å². The third kappa shape index (κ3) is 2.21. The Bertz CT molecular complexity index is 427. The van der Waals surface area contributed by atoms with Crippen molar-refractivity contribution >= 4 is 0 Å². The highest BCUT2D eigenvalue weighted by molar-refractivity contribution is 5.33. The minimum absolute atomic E-state index is 0.387. The molecule has 0 amide bonds. The summed E-state index contributed by atoms with van der Waals surface area (Å²) in [5.41, 5.74) is -1.22. The summed E-state index contributed by atoms with van der Waals surface area (Å²) in [6.45, 7) is 0. The fourth-order valence-electron chi connectivity index (χ4n) is 2.33. The predicted octanol–water partition coefficient (Wildman–Crippen LogP) is 3.55. The molecule has 0 aliphatic heterocycles. The standard InChI is InChI=1S/C12H12F5N/c1-18-10(6-11(13,14)7-10)8-2-4-9(5-3-8)12(15,16)17/h2-5,18H,6-7H2,1H3. The number of alkyl halides is 5. The first-order valence-electron chi connectivity index (χ1n) is 5.43. The summed E-state index contributed by atoms with van der Waals surface area (Å²) >= 11 is 0. The van der Waals surface area contributed by atoms with Gasteiger partial charge < -0.3 is 5.32 Å². The Balaban J connectivity index is 2.25. The van der Waals surface area contributed by atoms with Gasteiger partial charge in [-0.15, -0.1) is 0 Å². The van der Waals surface area contributed by atoms with E-state index in [4.69, 9.17) is 0 Å². The average molecular weight is 265 g/mol. The molecule has 1 aromatic carbocycles. The van der Waals surface area contributed by atoms with Gasteiger partial charge in [0.05, 0.1) is 11.1 Å². The molecule has 6 heteroatoms. The molecule has 0 unspecified atom stereocenters. The van der Waals surface area contributed by atoms with Crippen LogP contribution in [0.1, 0.15) is 24.0 Å². The van der Waals surface area contributed by atoms with Crippen molar-refractivity contribution in [1.29, 1.82) is 0 Å². The molecule has 0 radical (unpaired) electrons. The van der Waals surface area contributed by atoms with Crippen molar-refractivity contribution in [3.63, 3.8) is 0 Å². The van der Waals surface area contributed by atoms with Crippen molar-refractivity contribution in [2.24, 2.45) is 0 Å². The van der Waals surface area contributed by atoms with E-state index in [1.807, 2.05) is 0 Å². The van der Waals surface area contributed by atoms with E-state index in [9.17, 15) is 22.0 Å². The molecule has 0 atom stereocenters. The lowest BCUT2D eigenvalue weighted by molar-refractivity contribution is -0.139. The Morgan fingerprint density at radius 3 is 1.89 bits per heavy atom. The van der Waals surface area contributed by atoms with Crippen LogP contribution in [0.15, 0.2) is 24.3 Å². The maximum atomic E-state index is 13.0. The minimum atomic E-state index is -4.41. The Kier molecular flexibility index (Phi) is 2.88. The SMILES string of the molecule is CNC1(c2ccc(C(F)(F)F)cc2)CC(F)(F)C1. The van der Waals surface area contributed by atoms with Crippen LogP contribution < -0.4 is 5.32 Å². The number of nitrogens with one attached hydrogen (secondary N) is 1. The third-order valence-electron chi connectivity index (χ3n) is 3.36. The van der Waals surface area contributed by atoms with Crippen molar-refractivity contribution in [3.8, 4) is 0 Å². The number of benzene rings is 1. The molecular formula is C12H12F5N. The second-order valence-corrected chi connectivity index (χ2v) is 4.62. The van der Waals surface area contributed by atoms with Crippen LogP contribution in [-0.4, -0.2) is 13.0 Å². The van der Waals surface area contributed by atoms with Gasteiger partial charge in [0.25, 0.3) is 5.92 Å². The Hall–Kier alpha value is -1.17. The van der Waals surface area contributed by atoms with E-state index in [1.165, 1.54) is 19.2 Å². The highest BCUT2D eigenvalue weighted by Crippen LogP contribution is 2.51. The van der Waals surface area contributed by atoms with Crippen molar-refractivity contribution in [3.05, 3.63) is 35.4 Å². The zero-order chi connectivity index (χ0) is 13.6. The van der Waals surface area contributed by atoms with Crippen LogP contribution in [-0.2, 0) is 11.7 Å². The van der Waals surface area contributed by atoms with E-state index in [-0.39, 0.29) is 12.8 Å². The van der Waals surface area contributed by atoms with Gasteiger partial charge in [-0.05, 0) is 24.7 Å². The predicted molar refractivity (Wildman–Crippen MR) is 56.4 cm³/mol. The van der Waals surface area contributed by atoms with Gasteiger partial charge in [-0.2, -0.15) is 13.2 Å². The maximum absolute atomic E-state index is 13.0. The van der Waals surface area contributed by atoms with Crippen LogP contribution in [0, 0.1) is 0 Å². The molecule has 0 bridgehead atoms. The summed E-state index contributed by atoms with van der Waals surface area (Å²) < 4.78 is 63.1. The summed E-state index contributed by atoms with van der Waals surface area (Å²) in [7, 11) is 1.53. The van der Waals surface area contributed by atoms with E-state index in [0.29, 0.717) is 5.56 Å². The zero-order valence-corrected chi connectivity index (χ0v) is 9.61. The molecule has 1 aliphatic rings. The first-order valence-corrected chi connectivity index (χ1v) is 5.43. The molecule has 1 nitrogen and oxygen atoms in total. The van der Waals surface area contributed by atoms with Gasteiger partial charge in [0.15, 0.2) is 0 Å². The molecule has 1 fully saturated rings. The third-order valence-corrected chi connectivity index (χ3v) is 3.36. The quantitative estimate of drug-likeness (QED) is 0.806. The largest absolute Gasteiger partial charge is 0.416 e. The minimum Gasteiger partial charge on any atom is -0.310 e. The molecule has 0 aromatic heterocycles. The van der Waals surface area contributed by atoms with Crippen LogP contribution in [0.2, 0.25) is 0 Å². The monoisotopic (exact) mass is 265 g/mol. The Morgan fingerprint density at radius 1 is 1.06 bits per heavy atom. The highest BCUT2D eigenvalue weighted by atomic mass is 19.4. The van der Waals surface area contributed by atoms with E-state index in [0.717, 1.165) is 12.1 Å². The molecule has 1 aliphatic carbocycles. The Labute approximate surface area is 101 Å². The van der Waals surface area contributed by atoms with Crippen molar-refractivity contribution in [1.82, 2.24) is 5.32 Å². The number of rotatable bonds is 2. The second-order valence-electron chi connectivity index (χ2n) is 4.62. The molecule has 0 saturated heterocycles. The average Bonchev–Trinajstić information content (AvgIpc) is 2.24. The van der Waals surface area contributed by atoms with E-state index in [2.05, 4.69) is 5.32 Å². The van der Waals surface area contributed by atoms with Gasteiger partial charge in [0.1, 0.15) is 0 Å². The summed E-state index contributed by atoms with van der Waals surface area (Å²) in [6, 6.07) is 4.36. The molecule has 1 aromatic rings. The van der Waals surface area contributed by atoms with Gasteiger partial charge in [-0.1, -0.05) is 12.1 Å². The number of hydrogen-bond acceptors (Lipinski definition) is 1. The second kappa shape index (κ2) is 3.91. The van der Waals surface area contributed by atoms with Crippen LogP contribution >= 0.6 is 0 Å². The van der Waals surface area contributed by atoms with E-state index in [1.54, 1.807) is 0 Å². The number of halogens is 5. The first kappa shape index (κ1) is 13.3. The van der Waals surface area contributed by atoms with Gasteiger partial charge in [-0.25, -0.2) is 8.78 Å². The van der Waals surface area contributed by atoms with Crippen LogP contribution in [0.4, 0.5) is 22.0 Å². The highest BCUT2D eigenvalue weighted by Gasteiger charge is 2.56. The zero-order valence-electron chi connectivity index (χ0n) is 9.61. The van der Waals surface area contributed by atoms with Crippen molar-refractivity contribution in [2.75, 3.05) is 7.05 Å². The fourth-order valence-corrected chi connectivity index (χ4v) is 2.33. The first-order chi connectivity index (χ1) is 8.19. The lowest BCUT2D eigenvalue weighted by Gasteiger charge is -2.47. The van der Waals surface area contributed by atoms with Gasteiger partial charge in [-0.3, -0.25) is 0 Å². The lowest BCUT2D eigenvalue weighted by Crippen LogP contribution is -2.57. The molecule has 18 heavy (non-hydrogen) atoms. The molecule has 0 spiro atoms. The number of hydrogen-bond donors (Lipinski definition) is 1. The summed E-state index contributed by atoms with van der Waals surface area (Å²) in [5, 5.41) is 2.78. The molecule has 1 saturated carbocycles. The van der Waals surface area contributed by atoms with Gasteiger partial charge >= 0.3 is 6.18 Å². The summed E-state index contributed by atoms with van der Waals surface area (Å²) in [4.78, 5) is 0. The van der Waals surface area contributed by atoms with E-state index < -0.39 is 23.2 Å². The summed E-state index contributed by atoms with van der Waals surface area (Å²) in [5.74, 6) is -2.74. The molecule has 0 heterocycles. The topological polar surface area (TPSA) is 12.0 Å².